The van der Waals surface area contributed by atoms with E-state index in [0.717, 1.165) is 43.8 Å². The summed E-state index contributed by atoms with van der Waals surface area (Å²) < 4.78 is 5.94. The Morgan fingerprint density at radius 2 is 1.81 bits per heavy atom. The number of nitrogens with one attached hydrogen (secondary N) is 3. The van der Waals surface area contributed by atoms with Gasteiger partial charge in [0.15, 0.2) is 0 Å². The number of amides is 3. The van der Waals surface area contributed by atoms with Crippen molar-refractivity contribution in [2.24, 2.45) is 0 Å². The largest absolute Gasteiger partial charge is 0.492 e. The van der Waals surface area contributed by atoms with Crippen molar-refractivity contribution >= 4 is 11.9 Å². The quantitative estimate of drug-likeness (QED) is 0.417. The highest BCUT2D eigenvalue weighted by Gasteiger charge is 2.15. The first kappa shape index (κ1) is 25.0. The molecule has 0 radical (unpaired) electrons. The molecule has 3 amide bonds. The fourth-order valence-corrected chi connectivity index (χ4v) is 3.83. The predicted octanol–water partition coefficient (Wildman–Crippen LogP) is 3.44. The third-order valence-corrected chi connectivity index (χ3v) is 5.81. The number of para-hydroxylation sites is 1. The molecule has 0 heterocycles. The molecule has 174 valence electrons. The number of carbonyl (C=O) groups is 2. The molecule has 0 unspecified atom stereocenters. The highest BCUT2D eigenvalue weighted by atomic mass is 16.5. The molecule has 31 heavy (non-hydrogen) atoms. The lowest BCUT2D eigenvalue weighted by Gasteiger charge is -2.22. The van der Waals surface area contributed by atoms with Gasteiger partial charge in [-0.25, -0.2) is 4.79 Å². The smallest absolute Gasteiger partial charge is 0.315 e. The van der Waals surface area contributed by atoms with Gasteiger partial charge in [0.2, 0.25) is 5.91 Å². The molecule has 0 aliphatic heterocycles. The first-order valence-electron chi connectivity index (χ1n) is 11.9. The Morgan fingerprint density at radius 1 is 1.06 bits per heavy atom. The topological polar surface area (TPSA) is 82.7 Å². The zero-order valence-electron chi connectivity index (χ0n) is 19.3. The second-order valence-electron chi connectivity index (χ2n) is 8.10. The van der Waals surface area contributed by atoms with Crippen molar-refractivity contribution in [3.05, 3.63) is 29.8 Å². The van der Waals surface area contributed by atoms with Gasteiger partial charge < -0.3 is 25.6 Å². The van der Waals surface area contributed by atoms with Crippen LogP contribution in [0.15, 0.2) is 24.3 Å². The summed E-state index contributed by atoms with van der Waals surface area (Å²) in [5, 5.41) is 8.84. The van der Waals surface area contributed by atoms with Crippen molar-refractivity contribution in [3.8, 4) is 5.75 Å². The van der Waals surface area contributed by atoms with Gasteiger partial charge in [-0.1, -0.05) is 51.3 Å². The summed E-state index contributed by atoms with van der Waals surface area (Å²) in [7, 11) is 0. The molecule has 0 spiro atoms. The number of urea groups is 1. The molecule has 1 saturated carbocycles. The van der Waals surface area contributed by atoms with Crippen molar-refractivity contribution in [1.29, 1.82) is 0 Å². The lowest BCUT2D eigenvalue weighted by atomic mass is 9.96. The number of hydrogen-bond acceptors (Lipinski definition) is 4. The van der Waals surface area contributed by atoms with Gasteiger partial charge in [0.25, 0.3) is 0 Å². The molecule has 7 heteroatoms. The van der Waals surface area contributed by atoms with Crippen LogP contribution in [0, 0.1) is 0 Å². The molecule has 1 aliphatic rings. The summed E-state index contributed by atoms with van der Waals surface area (Å²) in [5.41, 5.74) is 0.973. The molecule has 2 rings (SSSR count). The number of rotatable bonds is 13. The van der Waals surface area contributed by atoms with Gasteiger partial charge in [-0.3, -0.25) is 4.79 Å². The van der Waals surface area contributed by atoms with Crippen LogP contribution in [0.1, 0.15) is 64.4 Å². The van der Waals surface area contributed by atoms with Gasteiger partial charge in [0, 0.05) is 37.7 Å². The van der Waals surface area contributed by atoms with Gasteiger partial charge in [-0.2, -0.15) is 0 Å². The molecule has 0 aromatic heterocycles. The Balaban J connectivity index is 1.61. The Kier molecular flexibility index (Phi) is 11.8. The summed E-state index contributed by atoms with van der Waals surface area (Å²) >= 11 is 0. The van der Waals surface area contributed by atoms with E-state index in [9.17, 15) is 9.59 Å². The predicted molar refractivity (Wildman–Crippen MR) is 124 cm³/mol. The molecular formula is C24H40N4O3. The van der Waals surface area contributed by atoms with E-state index in [4.69, 9.17) is 4.74 Å². The van der Waals surface area contributed by atoms with Crippen LogP contribution >= 0.6 is 0 Å². The second kappa shape index (κ2) is 14.7. The maximum atomic E-state index is 12.2. The van der Waals surface area contributed by atoms with Crippen LogP contribution in [0.3, 0.4) is 0 Å². The molecule has 1 fully saturated rings. The highest BCUT2D eigenvalue weighted by Crippen LogP contribution is 2.18. The van der Waals surface area contributed by atoms with Gasteiger partial charge in [0.05, 0.1) is 0 Å². The van der Waals surface area contributed by atoms with Crippen LogP contribution in [0.4, 0.5) is 4.79 Å². The zero-order valence-corrected chi connectivity index (χ0v) is 19.3. The number of nitrogens with zero attached hydrogens (tertiary/aromatic N) is 1. The summed E-state index contributed by atoms with van der Waals surface area (Å²) in [4.78, 5) is 26.4. The zero-order chi connectivity index (χ0) is 22.3. The number of carbonyl (C=O) groups excluding carboxylic acids is 2. The first-order valence-corrected chi connectivity index (χ1v) is 11.9. The first-order chi connectivity index (χ1) is 15.1. The minimum Gasteiger partial charge on any atom is -0.492 e. The average Bonchev–Trinajstić information content (AvgIpc) is 2.79. The summed E-state index contributed by atoms with van der Waals surface area (Å²) in [6.07, 6.45) is 6.78. The fraction of sp³-hybridized carbons (Fsp3) is 0.667. The van der Waals surface area contributed by atoms with Crippen LogP contribution < -0.4 is 20.7 Å². The van der Waals surface area contributed by atoms with E-state index >= 15 is 0 Å². The third-order valence-electron chi connectivity index (χ3n) is 5.81. The monoisotopic (exact) mass is 432 g/mol. The molecule has 0 atom stereocenters. The molecule has 1 aromatic carbocycles. The van der Waals surface area contributed by atoms with Gasteiger partial charge >= 0.3 is 6.03 Å². The molecule has 0 saturated heterocycles. The van der Waals surface area contributed by atoms with E-state index in [0.29, 0.717) is 38.6 Å². The molecule has 1 aliphatic carbocycles. The second-order valence-corrected chi connectivity index (χ2v) is 8.10. The van der Waals surface area contributed by atoms with Crippen LogP contribution in [0.2, 0.25) is 0 Å². The minimum absolute atomic E-state index is 0.0209. The van der Waals surface area contributed by atoms with E-state index in [2.05, 4.69) is 34.7 Å². The van der Waals surface area contributed by atoms with Crippen LogP contribution in [-0.2, 0) is 11.3 Å². The molecule has 0 bridgehead atoms. The van der Waals surface area contributed by atoms with Crippen molar-refractivity contribution in [1.82, 2.24) is 20.9 Å². The standard InChI is InChI=1S/C24H40N4O3/c1-3-28(4-2)17-18-31-22-14-9-8-11-20(22)19-26-23(29)15-10-16-25-24(30)27-21-12-6-5-7-13-21/h8-9,11,14,21H,3-7,10,12-13,15-19H2,1-2H3,(H,26,29)(H2,25,27,30). The van der Waals surface area contributed by atoms with Crippen LogP contribution in [0.5, 0.6) is 5.75 Å². The average molecular weight is 433 g/mol. The van der Waals surface area contributed by atoms with Crippen LogP contribution in [0.25, 0.3) is 0 Å². The highest BCUT2D eigenvalue weighted by molar-refractivity contribution is 5.76. The SMILES string of the molecule is CCN(CC)CCOc1ccccc1CNC(=O)CCCNC(=O)NC1CCCCC1. The molecule has 7 nitrogen and oxygen atoms in total. The van der Waals surface area contributed by atoms with E-state index in [1.54, 1.807) is 0 Å². The normalized spacial score (nSPS) is 14.3. The van der Waals surface area contributed by atoms with Crippen molar-refractivity contribution in [3.63, 3.8) is 0 Å². The summed E-state index contributed by atoms with van der Waals surface area (Å²) in [6, 6.07) is 7.99. The number of likely N-dealkylation sites (N-methyl/N-ethyl adjacent to an activating group) is 1. The Bertz CT molecular complexity index is 658. The van der Waals surface area contributed by atoms with Gasteiger partial charge in [-0.15, -0.1) is 0 Å². The maximum absolute atomic E-state index is 12.2. The van der Waals surface area contributed by atoms with Crippen LogP contribution in [-0.4, -0.2) is 55.7 Å². The maximum Gasteiger partial charge on any atom is 0.315 e. The summed E-state index contributed by atoms with van der Waals surface area (Å²) in [5.74, 6) is 0.795. The molecule has 3 N–H and O–H groups in total. The number of ether oxygens (including phenoxy) is 1. The Morgan fingerprint density at radius 3 is 2.55 bits per heavy atom. The molecule has 1 aromatic rings. The van der Waals surface area contributed by atoms with E-state index < -0.39 is 0 Å². The van der Waals surface area contributed by atoms with Crippen molar-refractivity contribution < 1.29 is 14.3 Å². The third kappa shape index (κ3) is 10.0. The summed E-state index contributed by atoms with van der Waals surface area (Å²) in [6.45, 7) is 8.75. The molecular weight excluding hydrogens is 392 g/mol. The lowest BCUT2D eigenvalue weighted by molar-refractivity contribution is -0.121. The van der Waals surface area contributed by atoms with E-state index in [-0.39, 0.29) is 11.9 Å². The van der Waals surface area contributed by atoms with Crippen molar-refractivity contribution in [2.75, 3.05) is 32.8 Å². The van der Waals surface area contributed by atoms with Gasteiger partial charge in [-0.05, 0) is 38.4 Å². The van der Waals surface area contributed by atoms with E-state index in [1.807, 2.05) is 24.3 Å². The number of hydrogen-bond donors (Lipinski definition) is 3. The fourth-order valence-electron chi connectivity index (χ4n) is 3.83. The minimum atomic E-state index is -0.122. The Labute approximate surface area is 187 Å². The van der Waals surface area contributed by atoms with Gasteiger partial charge in [0.1, 0.15) is 12.4 Å². The number of benzene rings is 1. The Hall–Kier alpha value is -2.28. The lowest BCUT2D eigenvalue weighted by Crippen LogP contribution is -2.43. The van der Waals surface area contributed by atoms with E-state index in [1.165, 1.54) is 19.3 Å². The van der Waals surface area contributed by atoms with Crippen molar-refractivity contribution in [2.45, 2.75) is 71.4 Å².